The molecule has 1 aromatic carbocycles. The predicted molar refractivity (Wildman–Crippen MR) is 114 cm³/mol. The number of likely N-dealkylation sites (tertiary alicyclic amines) is 2. The number of fused-ring (bicyclic) bond motifs is 1. The summed E-state index contributed by atoms with van der Waals surface area (Å²) in [6.07, 6.45) is 2.93. The number of amides is 1. The van der Waals surface area contributed by atoms with Gasteiger partial charge in [-0.2, -0.15) is 0 Å². The van der Waals surface area contributed by atoms with Crippen molar-refractivity contribution in [3.63, 3.8) is 0 Å². The fourth-order valence-corrected chi connectivity index (χ4v) is 5.03. The van der Waals surface area contributed by atoms with Crippen molar-refractivity contribution in [3.05, 3.63) is 65.5 Å². The quantitative estimate of drug-likeness (QED) is 0.689. The molecule has 1 amide bonds. The number of pyridine rings is 1. The molecule has 30 heavy (non-hydrogen) atoms. The van der Waals surface area contributed by atoms with Crippen LogP contribution < -0.4 is 0 Å². The summed E-state index contributed by atoms with van der Waals surface area (Å²) in [5.41, 5.74) is 2.95. The highest BCUT2D eigenvalue weighted by Crippen LogP contribution is 2.46. The predicted octanol–water partition coefficient (Wildman–Crippen LogP) is 3.09. The minimum absolute atomic E-state index is 0.00972. The summed E-state index contributed by atoms with van der Waals surface area (Å²) in [6, 6.07) is 13.9. The average molecular weight is 408 g/mol. The number of carbonyl (C=O) groups is 2. The number of hydrogen-bond acceptors (Lipinski definition) is 5. The Morgan fingerprint density at radius 2 is 1.90 bits per heavy atom. The van der Waals surface area contributed by atoms with E-state index in [-0.39, 0.29) is 17.9 Å². The second-order valence-corrected chi connectivity index (χ2v) is 8.34. The van der Waals surface area contributed by atoms with E-state index in [0.717, 1.165) is 32.6 Å². The Labute approximate surface area is 177 Å². The van der Waals surface area contributed by atoms with E-state index in [1.807, 2.05) is 23.1 Å². The first-order valence-corrected chi connectivity index (χ1v) is 10.6. The lowest BCUT2D eigenvalue weighted by molar-refractivity contribution is -0.140. The van der Waals surface area contributed by atoms with Gasteiger partial charge in [-0.25, -0.2) is 0 Å². The SMILES string of the molecule is COC(=O)CCCN1C[C@H]2CN(C(=O)c3ccccn3)[C@H](c3ccccc3C)[C@H]2C1. The van der Waals surface area contributed by atoms with E-state index in [2.05, 4.69) is 35.0 Å². The molecule has 6 nitrogen and oxygen atoms in total. The smallest absolute Gasteiger partial charge is 0.305 e. The fourth-order valence-electron chi connectivity index (χ4n) is 5.03. The Balaban J connectivity index is 1.54. The Morgan fingerprint density at radius 3 is 2.63 bits per heavy atom. The topological polar surface area (TPSA) is 62.7 Å². The number of hydrogen-bond donors (Lipinski definition) is 0. The van der Waals surface area contributed by atoms with Gasteiger partial charge in [0.1, 0.15) is 5.69 Å². The number of nitrogens with zero attached hydrogens (tertiary/aromatic N) is 3. The first kappa shape index (κ1) is 20.5. The largest absolute Gasteiger partial charge is 0.469 e. The summed E-state index contributed by atoms with van der Waals surface area (Å²) in [7, 11) is 1.43. The fraction of sp³-hybridized carbons (Fsp3) is 0.458. The van der Waals surface area contributed by atoms with Crippen molar-refractivity contribution in [2.45, 2.75) is 25.8 Å². The molecule has 158 valence electrons. The van der Waals surface area contributed by atoms with Gasteiger partial charge in [0.25, 0.3) is 5.91 Å². The summed E-state index contributed by atoms with van der Waals surface area (Å²) in [5, 5.41) is 0. The number of methoxy groups -OCH3 is 1. The molecule has 3 heterocycles. The lowest BCUT2D eigenvalue weighted by Gasteiger charge is -2.30. The molecule has 0 aliphatic carbocycles. The second kappa shape index (κ2) is 8.96. The maximum absolute atomic E-state index is 13.3. The Kier molecular flexibility index (Phi) is 6.13. The van der Waals surface area contributed by atoms with E-state index in [1.165, 1.54) is 18.2 Å². The molecule has 2 aliphatic rings. The molecule has 0 saturated carbocycles. The van der Waals surface area contributed by atoms with Gasteiger partial charge in [-0.3, -0.25) is 14.6 Å². The van der Waals surface area contributed by atoms with Crippen LogP contribution >= 0.6 is 0 Å². The van der Waals surface area contributed by atoms with Crippen molar-refractivity contribution in [3.8, 4) is 0 Å². The summed E-state index contributed by atoms with van der Waals surface area (Å²) in [5.74, 6) is 0.673. The Bertz CT molecular complexity index is 902. The number of esters is 1. The molecule has 2 aliphatic heterocycles. The van der Waals surface area contributed by atoms with Crippen molar-refractivity contribution >= 4 is 11.9 Å². The van der Waals surface area contributed by atoms with Crippen molar-refractivity contribution in [2.75, 3.05) is 33.3 Å². The third-order valence-electron chi connectivity index (χ3n) is 6.47. The van der Waals surface area contributed by atoms with Crippen LogP contribution in [-0.4, -0.2) is 59.9 Å². The standard InChI is InChI=1S/C24H29N3O3/c1-17-8-3-4-9-19(17)23-20-16-26(13-7-11-22(28)30-2)14-18(20)15-27(23)24(29)21-10-5-6-12-25-21/h3-6,8-10,12,18,20,23H,7,11,13-16H2,1-2H3/t18-,20-,23+/m0/s1. The van der Waals surface area contributed by atoms with Crippen LogP contribution in [-0.2, 0) is 9.53 Å². The minimum atomic E-state index is -0.153. The van der Waals surface area contributed by atoms with Gasteiger partial charge in [0.15, 0.2) is 0 Å². The maximum atomic E-state index is 13.3. The van der Waals surface area contributed by atoms with E-state index in [1.54, 1.807) is 12.3 Å². The van der Waals surface area contributed by atoms with Gasteiger partial charge in [0.2, 0.25) is 0 Å². The van der Waals surface area contributed by atoms with E-state index >= 15 is 0 Å². The molecule has 0 spiro atoms. The highest BCUT2D eigenvalue weighted by molar-refractivity contribution is 5.92. The van der Waals surface area contributed by atoms with Gasteiger partial charge >= 0.3 is 5.97 Å². The normalized spacial score (nSPS) is 23.4. The van der Waals surface area contributed by atoms with Gasteiger partial charge in [0, 0.05) is 38.2 Å². The zero-order valence-corrected chi connectivity index (χ0v) is 17.7. The number of rotatable bonds is 6. The van der Waals surface area contributed by atoms with Crippen LogP contribution in [0.25, 0.3) is 0 Å². The summed E-state index contributed by atoms with van der Waals surface area (Å²) in [6.45, 7) is 5.65. The molecular weight excluding hydrogens is 378 g/mol. The zero-order valence-electron chi connectivity index (χ0n) is 17.7. The molecule has 4 rings (SSSR count). The van der Waals surface area contributed by atoms with Crippen LogP contribution in [0.1, 0.15) is 40.5 Å². The van der Waals surface area contributed by atoms with Gasteiger partial charge in [-0.15, -0.1) is 0 Å². The highest BCUT2D eigenvalue weighted by atomic mass is 16.5. The molecule has 2 aromatic rings. The molecule has 3 atom stereocenters. The van der Waals surface area contributed by atoms with Gasteiger partial charge in [0.05, 0.1) is 13.2 Å². The second-order valence-electron chi connectivity index (χ2n) is 8.34. The van der Waals surface area contributed by atoms with Gasteiger partial charge in [-0.05, 0) is 49.1 Å². The van der Waals surface area contributed by atoms with Crippen LogP contribution in [0.3, 0.4) is 0 Å². The number of carbonyl (C=O) groups excluding carboxylic acids is 2. The molecule has 0 radical (unpaired) electrons. The van der Waals surface area contributed by atoms with Gasteiger partial charge < -0.3 is 14.5 Å². The molecule has 2 saturated heterocycles. The molecule has 6 heteroatoms. The summed E-state index contributed by atoms with van der Waals surface area (Å²) >= 11 is 0. The molecule has 2 fully saturated rings. The van der Waals surface area contributed by atoms with E-state index in [0.29, 0.717) is 24.0 Å². The lowest BCUT2D eigenvalue weighted by Crippen LogP contribution is -2.36. The summed E-state index contributed by atoms with van der Waals surface area (Å²) in [4.78, 5) is 33.5. The van der Waals surface area contributed by atoms with Crippen LogP contribution in [0.2, 0.25) is 0 Å². The van der Waals surface area contributed by atoms with E-state index in [4.69, 9.17) is 4.74 Å². The van der Waals surface area contributed by atoms with E-state index < -0.39 is 0 Å². The van der Waals surface area contributed by atoms with Crippen LogP contribution in [0.4, 0.5) is 0 Å². The van der Waals surface area contributed by atoms with Crippen molar-refractivity contribution in [2.24, 2.45) is 11.8 Å². The third kappa shape index (κ3) is 4.10. The van der Waals surface area contributed by atoms with Crippen molar-refractivity contribution in [1.29, 1.82) is 0 Å². The first-order valence-electron chi connectivity index (χ1n) is 10.6. The van der Waals surface area contributed by atoms with Crippen LogP contribution in [0.5, 0.6) is 0 Å². The van der Waals surface area contributed by atoms with Crippen LogP contribution in [0.15, 0.2) is 48.7 Å². The number of aromatic nitrogens is 1. The molecule has 0 unspecified atom stereocenters. The number of aryl methyl sites for hydroxylation is 1. The first-order chi connectivity index (χ1) is 14.6. The molecule has 0 bridgehead atoms. The summed E-state index contributed by atoms with van der Waals surface area (Å²) < 4.78 is 4.75. The number of ether oxygens (including phenoxy) is 1. The van der Waals surface area contributed by atoms with Gasteiger partial charge in [-0.1, -0.05) is 30.3 Å². The molecule has 1 aromatic heterocycles. The minimum Gasteiger partial charge on any atom is -0.469 e. The average Bonchev–Trinajstić information content (AvgIpc) is 3.31. The van der Waals surface area contributed by atoms with Crippen molar-refractivity contribution in [1.82, 2.24) is 14.8 Å². The zero-order chi connectivity index (χ0) is 21.1. The Morgan fingerprint density at radius 1 is 1.10 bits per heavy atom. The molecule has 0 N–H and O–H groups in total. The monoisotopic (exact) mass is 407 g/mol. The maximum Gasteiger partial charge on any atom is 0.305 e. The van der Waals surface area contributed by atoms with Crippen molar-refractivity contribution < 1.29 is 14.3 Å². The number of benzene rings is 1. The van der Waals surface area contributed by atoms with E-state index in [9.17, 15) is 9.59 Å². The molecular formula is C24H29N3O3. The van der Waals surface area contributed by atoms with Crippen LogP contribution in [0, 0.1) is 18.8 Å². The lowest BCUT2D eigenvalue weighted by atomic mass is 9.87. The third-order valence-corrected chi connectivity index (χ3v) is 6.47. The highest BCUT2D eigenvalue weighted by Gasteiger charge is 2.49. The Hall–Kier alpha value is -2.73.